The van der Waals surface area contributed by atoms with E-state index in [1.807, 2.05) is 6.92 Å². The summed E-state index contributed by atoms with van der Waals surface area (Å²) in [5.41, 5.74) is 0.454. The molecular formula is C26H35N7O5S. The van der Waals surface area contributed by atoms with E-state index in [0.717, 1.165) is 18.7 Å². The Hall–Kier alpha value is -3.36. The molecule has 7 N–H and O–H groups in total. The number of aliphatic carboxylic acids is 1. The van der Waals surface area contributed by atoms with Gasteiger partial charge in [0.1, 0.15) is 6.29 Å². The van der Waals surface area contributed by atoms with Gasteiger partial charge in [0.25, 0.3) is 5.91 Å². The van der Waals surface area contributed by atoms with Crippen LogP contribution < -0.4 is 26.0 Å². The van der Waals surface area contributed by atoms with Crippen molar-refractivity contribution in [2.75, 3.05) is 19.6 Å². The summed E-state index contributed by atoms with van der Waals surface area (Å²) in [6.07, 6.45) is 2.22. The predicted molar refractivity (Wildman–Crippen MR) is 147 cm³/mol. The van der Waals surface area contributed by atoms with Crippen molar-refractivity contribution in [1.82, 2.24) is 36.2 Å². The van der Waals surface area contributed by atoms with Crippen molar-refractivity contribution in [3.8, 4) is 0 Å². The lowest BCUT2D eigenvalue weighted by Gasteiger charge is -2.32. The molecule has 0 saturated carbocycles. The lowest BCUT2D eigenvalue weighted by atomic mass is 10.0. The number of aromatic amines is 1. The molecule has 1 aliphatic heterocycles. The first-order valence-electron chi connectivity index (χ1n) is 12.8. The van der Waals surface area contributed by atoms with E-state index in [-0.39, 0.29) is 23.2 Å². The molecule has 12 nitrogen and oxygen atoms in total. The Kier molecular flexibility index (Phi) is 8.67. The number of H-pyrrole nitrogens is 1. The lowest BCUT2D eigenvalue weighted by Crippen LogP contribution is -2.65. The van der Waals surface area contributed by atoms with E-state index >= 15 is 0 Å². The van der Waals surface area contributed by atoms with Crippen molar-refractivity contribution < 1.29 is 23.1 Å². The molecule has 0 aliphatic carbocycles. The van der Waals surface area contributed by atoms with Gasteiger partial charge in [-0.25, -0.2) is 13.2 Å². The van der Waals surface area contributed by atoms with Crippen molar-refractivity contribution in [3.63, 3.8) is 0 Å². The number of fused-ring (bicyclic) bond motifs is 1. The van der Waals surface area contributed by atoms with Crippen LogP contribution in [0.2, 0.25) is 0 Å². The molecule has 13 heteroatoms. The average Bonchev–Trinajstić information content (AvgIpc) is 3.54. The molecule has 210 valence electrons. The van der Waals surface area contributed by atoms with E-state index in [1.54, 1.807) is 44.3 Å². The summed E-state index contributed by atoms with van der Waals surface area (Å²) >= 11 is 0. The maximum Gasteiger partial charge on any atom is 0.345 e. The number of sulfonamides is 1. The van der Waals surface area contributed by atoms with Crippen molar-refractivity contribution in [2.45, 2.75) is 56.9 Å². The topological polar surface area (TPSA) is 177 Å². The van der Waals surface area contributed by atoms with Crippen LogP contribution in [0.1, 0.15) is 46.3 Å². The van der Waals surface area contributed by atoms with Crippen LogP contribution >= 0.6 is 0 Å². The number of nitrogens with zero attached hydrogens (tertiary/aromatic N) is 1. The molecule has 2 aromatic carbocycles. The van der Waals surface area contributed by atoms with Gasteiger partial charge in [-0.2, -0.15) is 9.82 Å². The molecule has 39 heavy (non-hydrogen) atoms. The number of carbonyl (C=O) groups is 2. The number of aromatic nitrogens is 2. The average molecular weight is 558 g/mol. The van der Waals surface area contributed by atoms with Crippen LogP contribution in [-0.4, -0.2) is 67.2 Å². The number of carboxylic acid groups (broad SMARTS) is 1. The number of nitrogens with one attached hydrogen (secondary N) is 6. The normalized spacial score (nSPS) is 15.9. The number of amides is 1. The summed E-state index contributed by atoms with van der Waals surface area (Å²) in [7, 11) is -4.35. The van der Waals surface area contributed by atoms with E-state index in [4.69, 9.17) is 0 Å². The third-order valence-electron chi connectivity index (χ3n) is 6.73. The Bertz CT molecular complexity index is 1440. The Morgan fingerprint density at radius 1 is 1.08 bits per heavy atom. The Morgan fingerprint density at radius 2 is 1.77 bits per heavy atom. The molecule has 2 heterocycles. The summed E-state index contributed by atoms with van der Waals surface area (Å²) < 4.78 is 29.7. The van der Waals surface area contributed by atoms with Gasteiger partial charge in [-0.3, -0.25) is 25.8 Å². The van der Waals surface area contributed by atoms with E-state index in [2.05, 4.69) is 36.2 Å². The van der Waals surface area contributed by atoms with Gasteiger partial charge < -0.3 is 10.4 Å². The Morgan fingerprint density at radius 3 is 2.44 bits per heavy atom. The molecule has 0 bridgehead atoms. The standard InChI is InChI=1S/C26H35N7O5S/c1-16-12-17(2)22(18(3)13-16)39(37,38)33-26(24(35)36,8-4-5-9-27-25-28-10-11-29-25)31-23(34)19-6-7-21-20(14-19)15-30-32-21/h6-7,12-15,25,27-29,33H,4-5,8-11H2,1-3H3,(H,30,32)(H,31,34)(H,35,36). The summed E-state index contributed by atoms with van der Waals surface area (Å²) in [4.78, 5) is 26.1. The molecule has 3 aromatic rings. The third-order valence-corrected chi connectivity index (χ3v) is 8.52. The minimum atomic E-state index is -4.35. The van der Waals surface area contributed by atoms with Crippen LogP contribution in [0.25, 0.3) is 10.9 Å². The molecule has 0 radical (unpaired) electrons. The SMILES string of the molecule is Cc1cc(C)c(S(=O)(=O)NC(CCCCNC2NCCN2)(NC(=O)c2ccc3[nH]ncc3c2)C(=O)O)c(C)c1. The van der Waals surface area contributed by atoms with Gasteiger partial charge in [-0.1, -0.05) is 17.7 Å². The van der Waals surface area contributed by atoms with E-state index in [1.165, 1.54) is 6.07 Å². The fourth-order valence-electron chi connectivity index (χ4n) is 4.98. The monoisotopic (exact) mass is 557 g/mol. The molecule has 1 aromatic heterocycles. The Labute approximate surface area is 227 Å². The van der Waals surface area contributed by atoms with Gasteiger partial charge in [-0.05, 0) is 75.9 Å². The molecule has 1 unspecified atom stereocenters. The number of hydrogen-bond donors (Lipinski definition) is 7. The first-order chi connectivity index (χ1) is 18.5. The number of carbonyl (C=O) groups excluding carboxylic acids is 1. The van der Waals surface area contributed by atoms with Gasteiger partial charge in [-0.15, -0.1) is 0 Å². The van der Waals surface area contributed by atoms with Crippen LogP contribution in [-0.2, 0) is 14.8 Å². The number of rotatable bonds is 12. The molecule has 1 aliphatic rings. The zero-order valence-electron chi connectivity index (χ0n) is 22.2. The zero-order valence-corrected chi connectivity index (χ0v) is 23.0. The number of carboxylic acids is 1. The maximum absolute atomic E-state index is 13.7. The smallest absolute Gasteiger partial charge is 0.345 e. The van der Waals surface area contributed by atoms with Gasteiger partial charge in [0, 0.05) is 24.0 Å². The number of benzene rings is 2. The highest BCUT2D eigenvalue weighted by atomic mass is 32.2. The number of hydrogen-bond acceptors (Lipinski definition) is 8. The largest absolute Gasteiger partial charge is 0.478 e. The van der Waals surface area contributed by atoms with Crippen molar-refractivity contribution in [2.24, 2.45) is 0 Å². The van der Waals surface area contributed by atoms with E-state index in [0.29, 0.717) is 41.4 Å². The molecular weight excluding hydrogens is 522 g/mol. The molecule has 4 rings (SSSR count). The fraction of sp³-hybridized carbons (Fsp3) is 0.423. The van der Waals surface area contributed by atoms with Crippen molar-refractivity contribution in [1.29, 1.82) is 0 Å². The van der Waals surface area contributed by atoms with Gasteiger partial charge in [0.15, 0.2) is 0 Å². The predicted octanol–water partition coefficient (Wildman–Crippen LogP) is 1.21. The highest BCUT2D eigenvalue weighted by molar-refractivity contribution is 7.89. The lowest BCUT2D eigenvalue weighted by molar-refractivity contribution is -0.145. The molecule has 1 atom stereocenters. The molecule has 1 amide bonds. The van der Waals surface area contributed by atoms with Crippen LogP contribution in [0, 0.1) is 20.8 Å². The summed E-state index contributed by atoms with van der Waals surface area (Å²) in [6, 6.07) is 8.18. The van der Waals surface area contributed by atoms with Gasteiger partial charge in [0.05, 0.1) is 16.6 Å². The second-order valence-electron chi connectivity index (χ2n) is 9.92. The van der Waals surface area contributed by atoms with Crippen molar-refractivity contribution >= 4 is 32.8 Å². The molecule has 1 fully saturated rings. The second kappa shape index (κ2) is 11.8. The highest BCUT2D eigenvalue weighted by Gasteiger charge is 2.44. The first-order valence-corrected chi connectivity index (χ1v) is 14.3. The maximum atomic E-state index is 13.7. The van der Waals surface area contributed by atoms with Crippen LogP contribution in [0.4, 0.5) is 0 Å². The second-order valence-corrected chi connectivity index (χ2v) is 11.5. The fourth-order valence-corrected chi connectivity index (χ4v) is 6.74. The third kappa shape index (κ3) is 6.62. The number of aryl methyl sites for hydroxylation is 3. The van der Waals surface area contributed by atoms with Gasteiger partial charge >= 0.3 is 5.97 Å². The minimum Gasteiger partial charge on any atom is -0.478 e. The van der Waals surface area contributed by atoms with Crippen molar-refractivity contribution in [3.05, 3.63) is 58.8 Å². The van der Waals surface area contributed by atoms with Crippen LogP contribution in [0.3, 0.4) is 0 Å². The number of unbranched alkanes of at least 4 members (excludes halogenated alkanes) is 1. The molecule has 0 spiro atoms. The van der Waals surface area contributed by atoms with Gasteiger partial charge in [0.2, 0.25) is 15.7 Å². The zero-order chi connectivity index (χ0) is 28.2. The van der Waals surface area contributed by atoms with E-state index in [9.17, 15) is 23.1 Å². The van der Waals surface area contributed by atoms with Crippen LogP contribution in [0.15, 0.2) is 41.4 Å². The molecule has 1 saturated heterocycles. The summed E-state index contributed by atoms with van der Waals surface area (Å²) in [5.74, 6) is -2.23. The Balaban J connectivity index is 1.61. The highest BCUT2D eigenvalue weighted by Crippen LogP contribution is 2.25. The summed E-state index contributed by atoms with van der Waals surface area (Å²) in [5, 5.41) is 30.0. The van der Waals surface area contributed by atoms with Crippen LogP contribution in [0.5, 0.6) is 0 Å². The quantitative estimate of drug-likeness (QED) is 0.127. The van der Waals surface area contributed by atoms with E-state index < -0.39 is 27.6 Å². The minimum absolute atomic E-state index is 0.00663. The first kappa shape index (κ1) is 28.6. The summed E-state index contributed by atoms with van der Waals surface area (Å²) in [6.45, 7) is 7.42.